The van der Waals surface area contributed by atoms with Crippen LogP contribution in [-0.4, -0.2) is 27.1 Å². The molecule has 0 aliphatic carbocycles. The number of nitrogens with zero attached hydrogens (tertiary/aromatic N) is 4. The van der Waals surface area contributed by atoms with E-state index < -0.39 is 0 Å². The predicted octanol–water partition coefficient (Wildman–Crippen LogP) is 2.57. The number of halogens is 1. The topological polar surface area (TPSA) is 78.9 Å². The Bertz CT molecular complexity index is 769. The van der Waals surface area contributed by atoms with Crippen molar-refractivity contribution < 1.29 is 4.74 Å². The first-order valence-corrected chi connectivity index (χ1v) is 6.55. The number of hydrogen-bond acceptors (Lipinski definition) is 5. The third-order valence-corrected chi connectivity index (χ3v) is 3.16. The van der Waals surface area contributed by atoms with Gasteiger partial charge in [-0.1, -0.05) is 23.7 Å². The summed E-state index contributed by atoms with van der Waals surface area (Å²) in [6.45, 7) is 0. The second kappa shape index (κ2) is 5.41. The Kier molecular flexibility index (Phi) is 3.45. The maximum Gasteiger partial charge on any atom is 0.178 e. The third kappa shape index (κ3) is 2.53. The number of aromatic nitrogens is 4. The minimum Gasteiger partial charge on any atom is -0.496 e. The monoisotopic (exact) mass is 301 g/mol. The number of para-hydroxylation sites is 1. The lowest BCUT2D eigenvalue weighted by Gasteiger charge is -2.05. The van der Waals surface area contributed by atoms with Crippen molar-refractivity contribution in [2.45, 2.75) is 0 Å². The van der Waals surface area contributed by atoms with Gasteiger partial charge in [0, 0.05) is 11.6 Å². The van der Waals surface area contributed by atoms with Crippen LogP contribution < -0.4 is 10.5 Å². The third-order valence-electron chi connectivity index (χ3n) is 2.95. The van der Waals surface area contributed by atoms with Crippen LogP contribution in [0.1, 0.15) is 0 Å². The number of nitrogens with two attached hydrogens (primary N) is 1. The average molecular weight is 302 g/mol. The van der Waals surface area contributed by atoms with E-state index in [2.05, 4.69) is 15.3 Å². The summed E-state index contributed by atoms with van der Waals surface area (Å²) in [6.07, 6.45) is 0. The van der Waals surface area contributed by atoms with Crippen molar-refractivity contribution in [3.05, 3.63) is 47.6 Å². The second-order valence-corrected chi connectivity index (χ2v) is 4.67. The summed E-state index contributed by atoms with van der Waals surface area (Å²) < 4.78 is 6.84. The Labute approximate surface area is 126 Å². The van der Waals surface area contributed by atoms with E-state index in [4.69, 9.17) is 22.1 Å². The predicted molar refractivity (Wildman–Crippen MR) is 80.6 cm³/mol. The molecule has 3 rings (SSSR count). The molecule has 3 aromatic rings. The summed E-state index contributed by atoms with van der Waals surface area (Å²) in [6, 6.07) is 12.7. The van der Waals surface area contributed by atoms with Crippen LogP contribution in [0.15, 0.2) is 42.5 Å². The highest BCUT2D eigenvalue weighted by molar-refractivity contribution is 6.29. The Morgan fingerprint density at radius 3 is 2.67 bits per heavy atom. The molecule has 0 atom stereocenters. The number of rotatable bonds is 3. The van der Waals surface area contributed by atoms with Gasteiger partial charge in [0.05, 0.1) is 12.8 Å². The Hall–Kier alpha value is -2.60. The van der Waals surface area contributed by atoms with Crippen molar-refractivity contribution in [3.63, 3.8) is 0 Å². The summed E-state index contributed by atoms with van der Waals surface area (Å²) in [5, 5.41) is 12.5. The zero-order chi connectivity index (χ0) is 14.8. The van der Waals surface area contributed by atoms with Gasteiger partial charge in [-0.3, -0.25) is 0 Å². The van der Waals surface area contributed by atoms with E-state index in [0.29, 0.717) is 22.5 Å². The maximum absolute atomic E-state index is 6.00. The number of methoxy groups -OCH3 is 1. The zero-order valence-electron chi connectivity index (χ0n) is 11.2. The normalized spacial score (nSPS) is 10.6. The molecular weight excluding hydrogens is 290 g/mol. The molecular formula is C14H12ClN5O. The van der Waals surface area contributed by atoms with E-state index in [1.54, 1.807) is 25.3 Å². The lowest BCUT2D eigenvalue weighted by Crippen LogP contribution is -2.04. The quantitative estimate of drug-likeness (QED) is 0.804. The molecule has 21 heavy (non-hydrogen) atoms. The van der Waals surface area contributed by atoms with Crippen LogP contribution in [0.3, 0.4) is 0 Å². The van der Waals surface area contributed by atoms with Gasteiger partial charge in [0.2, 0.25) is 0 Å². The molecule has 106 valence electrons. The molecule has 2 heterocycles. The van der Waals surface area contributed by atoms with Crippen molar-refractivity contribution in [3.8, 4) is 22.8 Å². The molecule has 0 saturated carbocycles. The van der Waals surface area contributed by atoms with Crippen LogP contribution in [0.4, 0.5) is 5.82 Å². The van der Waals surface area contributed by atoms with Gasteiger partial charge in [-0.25, -0.2) is 0 Å². The van der Waals surface area contributed by atoms with Crippen molar-refractivity contribution >= 4 is 17.4 Å². The molecule has 0 saturated heterocycles. The molecule has 2 aromatic heterocycles. The van der Waals surface area contributed by atoms with Crippen molar-refractivity contribution in [1.82, 2.24) is 20.0 Å². The van der Waals surface area contributed by atoms with Gasteiger partial charge < -0.3 is 10.5 Å². The molecule has 0 amide bonds. The molecule has 0 unspecified atom stereocenters. The Morgan fingerprint density at radius 2 is 1.95 bits per heavy atom. The van der Waals surface area contributed by atoms with Gasteiger partial charge in [0.15, 0.2) is 11.0 Å². The SMILES string of the molecule is COc1ccccc1-c1cc(N)n(-c2ccc(Cl)nn2)n1. The van der Waals surface area contributed by atoms with Crippen LogP contribution in [0.25, 0.3) is 17.1 Å². The Morgan fingerprint density at radius 1 is 1.14 bits per heavy atom. The van der Waals surface area contributed by atoms with Gasteiger partial charge in [-0.15, -0.1) is 10.2 Å². The lowest BCUT2D eigenvalue weighted by molar-refractivity contribution is 0.416. The minimum absolute atomic E-state index is 0.314. The highest BCUT2D eigenvalue weighted by atomic mass is 35.5. The summed E-state index contributed by atoms with van der Waals surface area (Å²) in [4.78, 5) is 0. The fourth-order valence-corrected chi connectivity index (χ4v) is 2.09. The van der Waals surface area contributed by atoms with E-state index >= 15 is 0 Å². The van der Waals surface area contributed by atoms with E-state index in [1.807, 2.05) is 24.3 Å². The zero-order valence-corrected chi connectivity index (χ0v) is 11.9. The smallest absolute Gasteiger partial charge is 0.178 e. The molecule has 6 nitrogen and oxygen atoms in total. The van der Waals surface area contributed by atoms with Crippen molar-refractivity contribution in [1.29, 1.82) is 0 Å². The molecule has 0 aliphatic rings. The van der Waals surface area contributed by atoms with E-state index in [1.165, 1.54) is 4.68 Å². The molecule has 7 heteroatoms. The molecule has 2 N–H and O–H groups in total. The van der Waals surface area contributed by atoms with Crippen LogP contribution >= 0.6 is 11.6 Å². The van der Waals surface area contributed by atoms with Crippen molar-refractivity contribution in [2.75, 3.05) is 12.8 Å². The highest BCUT2D eigenvalue weighted by Gasteiger charge is 2.13. The molecule has 0 fully saturated rings. The minimum atomic E-state index is 0.314. The maximum atomic E-state index is 6.00. The molecule has 0 spiro atoms. The largest absolute Gasteiger partial charge is 0.496 e. The summed E-state index contributed by atoms with van der Waals surface area (Å²) >= 11 is 5.73. The van der Waals surface area contributed by atoms with Crippen LogP contribution in [0, 0.1) is 0 Å². The van der Waals surface area contributed by atoms with Crippen LogP contribution in [-0.2, 0) is 0 Å². The highest BCUT2D eigenvalue weighted by Crippen LogP contribution is 2.30. The van der Waals surface area contributed by atoms with Crippen molar-refractivity contribution in [2.24, 2.45) is 0 Å². The van der Waals surface area contributed by atoms with Gasteiger partial charge in [0.25, 0.3) is 0 Å². The first-order chi connectivity index (χ1) is 10.2. The molecule has 0 radical (unpaired) electrons. The average Bonchev–Trinajstić information content (AvgIpc) is 2.90. The summed E-state index contributed by atoms with van der Waals surface area (Å²) in [7, 11) is 1.61. The lowest BCUT2D eigenvalue weighted by atomic mass is 10.1. The molecule has 1 aromatic carbocycles. The van der Waals surface area contributed by atoms with Gasteiger partial charge in [-0.05, 0) is 24.3 Å². The molecule has 0 aliphatic heterocycles. The molecule has 0 bridgehead atoms. The number of nitrogen functional groups attached to an aromatic ring is 1. The van der Waals surface area contributed by atoms with Gasteiger partial charge in [0.1, 0.15) is 11.6 Å². The fraction of sp³-hybridized carbons (Fsp3) is 0.0714. The first-order valence-electron chi connectivity index (χ1n) is 6.17. The van der Waals surface area contributed by atoms with Gasteiger partial charge >= 0.3 is 0 Å². The van der Waals surface area contributed by atoms with E-state index in [9.17, 15) is 0 Å². The second-order valence-electron chi connectivity index (χ2n) is 4.28. The van der Waals surface area contributed by atoms with Crippen LogP contribution in [0.5, 0.6) is 5.75 Å². The first kappa shape index (κ1) is 13.4. The number of benzene rings is 1. The van der Waals surface area contributed by atoms with E-state index in [0.717, 1.165) is 11.3 Å². The number of anilines is 1. The summed E-state index contributed by atoms with van der Waals surface area (Å²) in [5.74, 6) is 1.68. The summed E-state index contributed by atoms with van der Waals surface area (Å²) in [5.41, 5.74) is 7.55. The standard InChI is InChI=1S/C14H12ClN5O/c1-21-11-5-3-2-4-9(11)10-8-13(16)20(19-10)14-7-6-12(15)17-18-14/h2-8H,16H2,1H3. The fourth-order valence-electron chi connectivity index (χ4n) is 1.99. The van der Waals surface area contributed by atoms with E-state index in [-0.39, 0.29) is 0 Å². The number of ether oxygens (including phenoxy) is 1. The van der Waals surface area contributed by atoms with Gasteiger partial charge in [-0.2, -0.15) is 9.78 Å². The Balaban J connectivity index is 2.07. The van der Waals surface area contributed by atoms with Crippen LogP contribution in [0.2, 0.25) is 5.15 Å². The number of hydrogen-bond donors (Lipinski definition) is 1.